The number of aliphatic hydroxyl groups excluding tert-OH is 1. The topological polar surface area (TPSA) is 59.0 Å². The van der Waals surface area contributed by atoms with Gasteiger partial charge in [-0.1, -0.05) is 100.0 Å². The van der Waals surface area contributed by atoms with E-state index < -0.39 is 6.10 Å². The molecule has 1 unspecified atom stereocenters. The molecule has 5 nitrogen and oxygen atoms in total. The Morgan fingerprint density at radius 2 is 1.55 bits per heavy atom. The van der Waals surface area contributed by atoms with Gasteiger partial charge in [0.25, 0.3) is 0 Å². The summed E-state index contributed by atoms with van der Waals surface area (Å²) in [4.78, 5) is 14.7. The van der Waals surface area contributed by atoms with Gasteiger partial charge >= 0.3 is 5.97 Å². The predicted molar refractivity (Wildman–Crippen MR) is 160 cm³/mol. The van der Waals surface area contributed by atoms with Gasteiger partial charge in [0.1, 0.15) is 11.9 Å². The molecule has 1 saturated heterocycles. The first-order chi connectivity index (χ1) is 19.4. The molecular formula is C35H45NO4. The first-order valence-corrected chi connectivity index (χ1v) is 14.9. The Hall–Kier alpha value is -2.99. The van der Waals surface area contributed by atoms with Crippen molar-refractivity contribution in [3.05, 3.63) is 101 Å². The fraction of sp³-hybridized carbons (Fsp3) is 0.457. The van der Waals surface area contributed by atoms with Gasteiger partial charge in [0.05, 0.1) is 18.1 Å². The highest BCUT2D eigenvalue weighted by molar-refractivity contribution is 5.74. The molecule has 3 aromatic rings. The van der Waals surface area contributed by atoms with Crippen LogP contribution in [0.25, 0.3) is 0 Å². The molecule has 40 heavy (non-hydrogen) atoms. The summed E-state index contributed by atoms with van der Waals surface area (Å²) in [5, 5.41) is 10.9. The van der Waals surface area contributed by atoms with Gasteiger partial charge in [-0.05, 0) is 67.0 Å². The number of benzene rings is 3. The van der Waals surface area contributed by atoms with Crippen molar-refractivity contribution in [1.82, 2.24) is 4.90 Å². The molecule has 5 heteroatoms. The minimum atomic E-state index is -0.578. The molecular weight excluding hydrogens is 498 g/mol. The molecule has 0 bridgehead atoms. The van der Waals surface area contributed by atoms with Crippen molar-refractivity contribution < 1.29 is 19.4 Å². The van der Waals surface area contributed by atoms with Crippen LogP contribution in [0.1, 0.15) is 87.3 Å². The van der Waals surface area contributed by atoms with E-state index in [1.54, 1.807) is 0 Å². The van der Waals surface area contributed by atoms with Crippen LogP contribution >= 0.6 is 0 Å². The summed E-state index contributed by atoms with van der Waals surface area (Å²) >= 11 is 0. The zero-order valence-electron chi connectivity index (χ0n) is 24.3. The maximum atomic E-state index is 12.2. The fourth-order valence-electron chi connectivity index (χ4n) is 5.32. The Kier molecular flexibility index (Phi) is 11.3. The Morgan fingerprint density at radius 1 is 0.925 bits per heavy atom. The Labute approximate surface area is 240 Å². The summed E-state index contributed by atoms with van der Waals surface area (Å²) in [7, 11) is 0. The minimum Gasteiger partial charge on any atom is -0.426 e. The maximum absolute atomic E-state index is 12.2. The second kappa shape index (κ2) is 15.1. The number of hydrogen-bond donors (Lipinski definition) is 1. The molecule has 1 N–H and O–H groups in total. The molecule has 0 radical (unpaired) electrons. The van der Waals surface area contributed by atoms with Crippen molar-refractivity contribution in [1.29, 1.82) is 0 Å². The zero-order chi connectivity index (χ0) is 28.3. The number of hydrogen-bond acceptors (Lipinski definition) is 5. The van der Waals surface area contributed by atoms with Crippen LogP contribution in [-0.2, 0) is 16.0 Å². The van der Waals surface area contributed by atoms with Gasteiger partial charge in [-0.2, -0.15) is 0 Å². The van der Waals surface area contributed by atoms with E-state index in [1.807, 2.05) is 44.2 Å². The van der Waals surface area contributed by atoms with Crippen LogP contribution in [0.5, 0.6) is 5.75 Å². The van der Waals surface area contributed by atoms with Crippen LogP contribution in [0.3, 0.4) is 0 Å². The number of aryl methyl sites for hydroxylation is 1. The van der Waals surface area contributed by atoms with Crippen molar-refractivity contribution in [2.75, 3.05) is 19.6 Å². The van der Waals surface area contributed by atoms with E-state index in [2.05, 4.69) is 60.4 Å². The lowest BCUT2D eigenvalue weighted by atomic mass is 9.99. The van der Waals surface area contributed by atoms with E-state index in [4.69, 9.17) is 9.47 Å². The highest BCUT2D eigenvalue weighted by Gasteiger charge is 2.25. The Balaban J connectivity index is 1.26. The molecule has 1 aliphatic rings. The average Bonchev–Trinajstić information content (AvgIpc) is 2.98. The normalized spacial score (nSPS) is 15.4. The third-order valence-electron chi connectivity index (χ3n) is 7.70. The first-order valence-electron chi connectivity index (χ1n) is 14.9. The molecule has 1 atom stereocenters. The van der Waals surface area contributed by atoms with Crippen molar-refractivity contribution in [3.63, 3.8) is 0 Å². The third kappa shape index (κ3) is 8.50. The summed E-state index contributed by atoms with van der Waals surface area (Å²) in [6.45, 7) is 8.72. The number of carbonyl (C=O) groups excluding carboxylic acids is 1. The van der Waals surface area contributed by atoms with Gasteiger partial charge in [0, 0.05) is 13.1 Å². The molecule has 3 aromatic carbocycles. The molecule has 0 amide bonds. The summed E-state index contributed by atoms with van der Waals surface area (Å²) in [6.07, 6.45) is 4.98. The van der Waals surface area contributed by atoms with E-state index in [1.165, 1.54) is 11.1 Å². The first kappa shape index (κ1) is 30.0. The van der Waals surface area contributed by atoms with Crippen LogP contribution in [0, 0.1) is 5.92 Å². The molecule has 1 aliphatic heterocycles. The number of nitrogens with zero attached hydrogens (tertiary/aromatic N) is 1. The van der Waals surface area contributed by atoms with Crippen LogP contribution < -0.4 is 4.74 Å². The smallest absolute Gasteiger partial charge is 0.313 e. The Morgan fingerprint density at radius 3 is 2.12 bits per heavy atom. The largest absolute Gasteiger partial charge is 0.426 e. The van der Waals surface area contributed by atoms with Crippen molar-refractivity contribution in [2.45, 2.75) is 77.6 Å². The number of ether oxygens (including phenoxy) is 2. The quantitative estimate of drug-likeness (QED) is 0.181. The van der Waals surface area contributed by atoms with Gasteiger partial charge in [-0.15, -0.1) is 0 Å². The second-order valence-electron chi connectivity index (χ2n) is 11.2. The average molecular weight is 544 g/mol. The van der Waals surface area contributed by atoms with Crippen LogP contribution in [0.4, 0.5) is 0 Å². The van der Waals surface area contributed by atoms with E-state index in [0.717, 1.165) is 62.9 Å². The van der Waals surface area contributed by atoms with E-state index in [0.29, 0.717) is 12.2 Å². The number of likely N-dealkylation sites (tertiary alicyclic amines) is 1. The minimum absolute atomic E-state index is 0.0532. The molecule has 0 saturated carbocycles. The number of aliphatic hydroxyl groups is 1. The molecule has 0 aromatic heterocycles. The van der Waals surface area contributed by atoms with Gasteiger partial charge < -0.3 is 19.5 Å². The maximum Gasteiger partial charge on any atom is 0.313 e. The zero-order valence-corrected chi connectivity index (χ0v) is 24.3. The molecule has 214 valence electrons. The molecule has 4 rings (SSSR count). The standard InChI is InChI=1S/C35H45NO4/c1-4-12-27-18-19-30(25-33(27)40-35(38)26(2)3)32(37)17-11-22-36-23-20-31(21-24-36)39-34(28-13-7-5-8-14-28)29-15-9-6-10-16-29/h5-10,13-16,18-19,25-26,31-32,34,37H,4,11-12,17,20-24H2,1-3H3. The van der Waals surface area contributed by atoms with Crippen molar-refractivity contribution in [3.8, 4) is 5.75 Å². The van der Waals surface area contributed by atoms with Gasteiger partial charge in [-0.3, -0.25) is 4.79 Å². The summed E-state index contributed by atoms with van der Waals surface area (Å²) in [6, 6.07) is 26.8. The van der Waals surface area contributed by atoms with Crippen molar-refractivity contribution in [2.24, 2.45) is 5.92 Å². The SMILES string of the molecule is CCCc1ccc(C(O)CCCN2CCC(OC(c3ccccc3)c3ccccc3)CC2)cc1OC(=O)C(C)C. The van der Waals surface area contributed by atoms with Crippen molar-refractivity contribution >= 4 is 5.97 Å². The molecule has 1 heterocycles. The van der Waals surface area contributed by atoms with E-state index >= 15 is 0 Å². The Bertz CT molecular complexity index is 1130. The van der Waals surface area contributed by atoms with Gasteiger partial charge in [0.15, 0.2) is 0 Å². The number of piperidine rings is 1. The highest BCUT2D eigenvalue weighted by Crippen LogP contribution is 2.31. The van der Waals surface area contributed by atoms with Crippen LogP contribution in [0.2, 0.25) is 0 Å². The number of rotatable bonds is 13. The van der Waals surface area contributed by atoms with E-state index in [9.17, 15) is 9.90 Å². The van der Waals surface area contributed by atoms with Crippen LogP contribution in [-0.4, -0.2) is 41.7 Å². The van der Waals surface area contributed by atoms with Gasteiger partial charge in [-0.25, -0.2) is 0 Å². The lowest BCUT2D eigenvalue weighted by molar-refractivity contribution is -0.137. The van der Waals surface area contributed by atoms with Gasteiger partial charge in [0.2, 0.25) is 0 Å². The highest BCUT2D eigenvalue weighted by atomic mass is 16.5. The summed E-state index contributed by atoms with van der Waals surface area (Å²) in [5.74, 6) is 0.152. The predicted octanol–water partition coefficient (Wildman–Crippen LogP) is 7.28. The van der Waals surface area contributed by atoms with Crippen LogP contribution in [0.15, 0.2) is 78.9 Å². The summed E-state index contributed by atoms with van der Waals surface area (Å²) < 4.78 is 12.4. The lowest BCUT2D eigenvalue weighted by Gasteiger charge is -2.34. The second-order valence-corrected chi connectivity index (χ2v) is 11.2. The monoisotopic (exact) mass is 543 g/mol. The summed E-state index contributed by atoms with van der Waals surface area (Å²) in [5.41, 5.74) is 4.20. The third-order valence-corrected chi connectivity index (χ3v) is 7.70. The lowest BCUT2D eigenvalue weighted by Crippen LogP contribution is -2.38. The molecule has 1 fully saturated rings. The molecule has 0 spiro atoms. The molecule has 0 aliphatic carbocycles. The number of carbonyl (C=O) groups is 1. The number of esters is 1. The van der Waals surface area contributed by atoms with E-state index in [-0.39, 0.29) is 24.1 Å². The fourth-order valence-corrected chi connectivity index (χ4v) is 5.32.